The van der Waals surface area contributed by atoms with Crippen LogP contribution in [0.15, 0.2) is 11.6 Å². The number of thiazole rings is 1. The summed E-state index contributed by atoms with van der Waals surface area (Å²) in [5.74, 6) is 0.231. The average molecular weight is 338 g/mol. The molecule has 1 aromatic heterocycles. The molecule has 0 radical (unpaired) electrons. The van der Waals surface area contributed by atoms with Crippen LogP contribution in [0.4, 0.5) is 5.13 Å². The maximum atomic E-state index is 12.8. The average Bonchev–Trinajstić information content (AvgIpc) is 3.07. The second-order valence-electron chi connectivity index (χ2n) is 6.51. The van der Waals surface area contributed by atoms with Gasteiger partial charge >= 0.3 is 0 Å². The van der Waals surface area contributed by atoms with Gasteiger partial charge in [0.1, 0.15) is 0 Å². The van der Waals surface area contributed by atoms with Crippen LogP contribution in [0.25, 0.3) is 0 Å². The lowest BCUT2D eigenvalue weighted by Gasteiger charge is -2.41. The van der Waals surface area contributed by atoms with Crippen LogP contribution in [0.5, 0.6) is 0 Å². The third-order valence-electron chi connectivity index (χ3n) is 4.64. The smallest absolute Gasteiger partial charge is 0.239 e. The van der Waals surface area contributed by atoms with E-state index in [1.807, 2.05) is 37.2 Å². The summed E-state index contributed by atoms with van der Waals surface area (Å²) in [5.41, 5.74) is 0. The number of morpholine rings is 1. The summed E-state index contributed by atoms with van der Waals surface area (Å²) < 4.78 is 5.73. The molecule has 3 heterocycles. The monoisotopic (exact) mass is 338 g/mol. The van der Waals surface area contributed by atoms with Crippen LogP contribution in [0.3, 0.4) is 0 Å². The van der Waals surface area contributed by atoms with Crippen molar-refractivity contribution in [3.8, 4) is 0 Å². The third kappa shape index (κ3) is 3.84. The van der Waals surface area contributed by atoms with Crippen LogP contribution < -0.4 is 4.90 Å². The molecule has 23 heavy (non-hydrogen) atoms. The Balaban J connectivity index is 1.54. The Labute approximate surface area is 142 Å². The predicted molar refractivity (Wildman–Crippen MR) is 92.0 cm³/mol. The van der Waals surface area contributed by atoms with E-state index in [1.54, 1.807) is 11.3 Å². The number of hydrogen-bond acceptors (Lipinski definition) is 6. The van der Waals surface area contributed by atoms with Crippen molar-refractivity contribution in [2.24, 2.45) is 0 Å². The number of ether oxygens (including phenoxy) is 1. The van der Waals surface area contributed by atoms with Crippen LogP contribution in [0, 0.1) is 0 Å². The Morgan fingerprint density at radius 2 is 1.91 bits per heavy atom. The summed E-state index contributed by atoms with van der Waals surface area (Å²) in [6.45, 7) is 11.2. The molecule has 0 aromatic carbocycles. The van der Waals surface area contributed by atoms with Gasteiger partial charge in [-0.15, -0.1) is 11.3 Å². The summed E-state index contributed by atoms with van der Waals surface area (Å²) in [6, 6.07) is -0.0639. The highest BCUT2D eigenvalue weighted by Gasteiger charge is 2.32. The maximum Gasteiger partial charge on any atom is 0.239 e. The molecule has 1 aromatic rings. The van der Waals surface area contributed by atoms with Crippen LogP contribution in [-0.4, -0.2) is 78.2 Å². The normalized spacial score (nSPS) is 28.0. The molecule has 0 saturated carbocycles. The summed E-state index contributed by atoms with van der Waals surface area (Å²) in [4.78, 5) is 23.7. The fraction of sp³-hybridized carbons (Fsp3) is 0.750. The molecule has 3 atom stereocenters. The first-order chi connectivity index (χ1) is 11.0. The Bertz CT molecular complexity index is 506. The highest BCUT2D eigenvalue weighted by molar-refractivity contribution is 7.13. The molecule has 2 aliphatic rings. The number of carbonyl (C=O) groups is 1. The van der Waals surface area contributed by atoms with Gasteiger partial charge in [0, 0.05) is 50.8 Å². The molecule has 2 aliphatic heterocycles. The molecular formula is C16H26N4O2S. The Hall–Kier alpha value is -1.18. The zero-order chi connectivity index (χ0) is 16.4. The van der Waals surface area contributed by atoms with E-state index < -0.39 is 0 Å². The van der Waals surface area contributed by atoms with E-state index in [4.69, 9.17) is 4.74 Å². The van der Waals surface area contributed by atoms with Gasteiger partial charge in [0.15, 0.2) is 5.13 Å². The van der Waals surface area contributed by atoms with Crippen molar-refractivity contribution in [1.29, 1.82) is 0 Å². The fourth-order valence-corrected chi connectivity index (χ4v) is 4.15. The lowest BCUT2D eigenvalue weighted by atomic mass is 10.1. The second kappa shape index (κ2) is 7.15. The van der Waals surface area contributed by atoms with E-state index in [-0.39, 0.29) is 24.2 Å². The minimum absolute atomic E-state index is 0.0639. The van der Waals surface area contributed by atoms with Crippen LogP contribution >= 0.6 is 11.3 Å². The molecule has 2 fully saturated rings. The van der Waals surface area contributed by atoms with Gasteiger partial charge in [0.25, 0.3) is 0 Å². The van der Waals surface area contributed by atoms with E-state index in [0.717, 1.165) is 31.3 Å². The van der Waals surface area contributed by atoms with Gasteiger partial charge in [-0.2, -0.15) is 0 Å². The minimum atomic E-state index is -0.0639. The van der Waals surface area contributed by atoms with Gasteiger partial charge in [-0.25, -0.2) is 4.98 Å². The van der Waals surface area contributed by atoms with E-state index in [1.165, 1.54) is 0 Å². The largest absolute Gasteiger partial charge is 0.372 e. The van der Waals surface area contributed by atoms with Gasteiger partial charge in [0.05, 0.1) is 18.2 Å². The molecule has 0 bridgehead atoms. The first kappa shape index (κ1) is 16.7. The number of amides is 1. The van der Waals surface area contributed by atoms with Gasteiger partial charge in [-0.3, -0.25) is 9.69 Å². The summed E-state index contributed by atoms with van der Waals surface area (Å²) in [6.07, 6.45) is 2.09. The lowest BCUT2D eigenvalue weighted by Crippen LogP contribution is -2.57. The molecule has 0 unspecified atom stereocenters. The summed E-state index contributed by atoms with van der Waals surface area (Å²) >= 11 is 1.68. The van der Waals surface area contributed by atoms with Gasteiger partial charge < -0.3 is 14.5 Å². The highest BCUT2D eigenvalue weighted by atomic mass is 32.1. The van der Waals surface area contributed by atoms with E-state index >= 15 is 0 Å². The standard InChI is InChI=1S/C16H26N4O2S/c1-12-10-20(11-13(2)22-12)15(21)14(3)18-5-7-19(8-6-18)16-17-4-9-23-16/h4,9,12-14H,5-8,10-11H2,1-3H3/t12-,13-,14+/m1/s1. The van der Waals surface area contributed by atoms with E-state index in [2.05, 4.69) is 14.8 Å². The second-order valence-corrected chi connectivity index (χ2v) is 7.39. The molecule has 7 heteroatoms. The van der Waals surface area contributed by atoms with Crippen LogP contribution in [0.2, 0.25) is 0 Å². The fourth-order valence-electron chi connectivity index (χ4n) is 3.45. The zero-order valence-corrected chi connectivity index (χ0v) is 15.0. The van der Waals surface area contributed by atoms with Crippen molar-refractivity contribution in [3.63, 3.8) is 0 Å². The number of carbonyl (C=O) groups excluding carboxylic acids is 1. The number of hydrogen-bond donors (Lipinski definition) is 0. The summed E-state index contributed by atoms with van der Waals surface area (Å²) in [5, 5.41) is 3.09. The van der Waals surface area contributed by atoms with Gasteiger partial charge in [-0.05, 0) is 20.8 Å². The molecule has 6 nitrogen and oxygen atoms in total. The van der Waals surface area contributed by atoms with Crippen molar-refractivity contribution in [2.75, 3.05) is 44.2 Å². The topological polar surface area (TPSA) is 48.9 Å². The molecular weight excluding hydrogens is 312 g/mol. The molecule has 1 amide bonds. The quantitative estimate of drug-likeness (QED) is 0.831. The van der Waals surface area contributed by atoms with Crippen LogP contribution in [0.1, 0.15) is 20.8 Å². The summed E-state index contributed by atoms with van der Waals surface area (Å²) in [7, 11) is 0. The Morgan fingerprint density at radius 1 is 1.26 bits per heavy atom. The number of rotatable bonds is 3. The van der Waals surface area contributed by atoms with Gasteiger partial charge in [-0.1, -0.05) is 0 Å². The SMILES string of the molecule is C[C@@H]1CN(C(=O)[C@H](C)N2CCN(c3nccs3)CC2)C[C@@H](C)O1. The highest BCUT2D eigenvalue weighted by Crippen LogP contribution is 2.20. The molecule has 0 aliphatic carbocycles. The molecule has 2 saturated heterocycles. The first-order valence-corrected chi connectivity index (χ1v) is 9.25. The Morgan fingerprint density at radius 3 is 2.48 bits per heavy atom. The molecule has 0 spiro atoms. The predicted octanol–water partition coefficient (Wildman–Crippen LogP) is 1.29. The van der Waals surface area contributed by atoms with Crippen LogP contribution in [-0.2, 0) is 9.53 Å². The maximum absolute atomic E-state index is 12.8. The number of aromatic nitrogens is 1. The van der Waals surface area contributed by atoms with Crippen molar-refractivity contribution in [1.82, 2.24) is 14.8 Å². The first-order valence-electron chi connectivity index (χ1n) is 8.37. The van der Waals surface area contributed by atoms with Gasteiger partial charge in [0.2, 0.25) is 5.91 Å². The van der Waals surface area contributed by atoms with Crippen molar-refractivity contribution < 1.29 is 9.53 Å². The molecule has 3 rings (SSSR count). The Kier molecular flexibility index (Phi) is 5.18. The number of anilines is 1. The zero-order valence-electron chi connectivity index (χ0n) is 14.1. The lowest BCUT2D eigenvalue weighted by molar-refractivity contribution is -0.148. The molecule has 128 valence electrons. The molecule has 0 N–H and O–H groups in total. The van der Waals surface area contributed by atoms with Crippen molar-refractivity contribution in [2.45, 2.75) is 39.0 Å². The van der Waals surface area contributed by atoms with Crippen molar-refractivity contribution >= 4 is 22.4 Å². The van der Waals surface area contributed by atoms with E-state index in [0.29, 0.717) is 13.1 Å². The minimum Gasteiger partial charge on any atom is -0.372 e. The number of piperazine rings is 1. The van der Waals surface area contributed by atoms with Crippen molar-refractivity contribution in [3.05, 3.63) is 11.6 Å². The van der Waals surface area contributed by atoms with E-state index in [9.17, 15) is 4.79 Å². The number of nitrogens with zero attached hydrogens (tertiary/aromatic N) is 4. The third-order valence-corrected chi connectivity index (χ3v) is 5.47.